The van der Waals surface area contributed by atoms with Crippen molar-refractivity contribution in [2.75, 3.05) is 12.4 Å². The van der Waals surface area contributed by atoms with Crippen molar-refractivity contribution in [2.45, 2.75) is 39.7 Å². The van der Waals surface area contributed by atoms with Crippen LogP contribution in [0.25, 0.3) is 0 Å². The molecule has 0 aliphatic rings. The molecule has 0 amide bonds. The molecule has 0 unspecified atom stereocenters. The van der Waals surface area contributed by atoms with Crippen LogP contribution in [0.3, 0.4) is 0 Å². The fourth-order valence-corrected chi connectivity index (χ4v) is 2.82. The van der Waals surface area contributed by atoms with Crippen LogP contribution < -0.4 is 10.1 Å². The lowest BCUT2D eigenvalue weighted by Gasteiger charge is -2.13. The van der Waals surface area contributed by atoms with Crippen molar-refractivity contribution in [3.8, 4) is 5.75 Å². The molecule has 0 fully saturated rings. The topological polar surface area (TPSA) is 34.1 Å². The van der Waals surface area contributed by atoms with Gasteiger partial charge in [0, 0.05) is 16.5 Å². The number of aryl methyl sites for hydroxylation is 1. The summed E-state index contributed by atoms with van der Waals surface area (Å²) in [5, 5.41) is 6.72. The monoisotopic (exact) mass is 290 g/mol. The van der Waals surface area contributed by atoms with Crippen molar-refractivity contribution < 1.29 is 4.74 Å². The second-order valence-corrected chi connectivity index (χ2v) is 6.79. The summed E-state index contributed by atoms with van der Waals surface area (Å²) in [6, 6.07) is 6.11. The van der Waals surface area contributed by atoms with E-state index < -0.39 is 0 Å². The molecule has 0 radical (unpaired) electrons. The molecule has 1 aromatic heterocycles. The molecule has 1 aromatic carbocycles. The number of thiazole rings is 1. The van der Waals surface area contributed by atoms with E-state index in [1.54, 1.807) is 18.4 Å². The molecule has 2 rings (SSSR count). The average molecular weight is 290 g/mol. The Kier molecular flexibility index (Phi) is 4.33. The summed E-state index contributed by atoms with van der Waals surface area (Å²) in [5.74, 6) is 0.916. The van der Waals surface area contributed by atoms with Gasteiger partial charge in [-0.25, -0.2) is 4.98 Å². The highest BCUT2D eigenvalue weighted by Crippen LogP contribution is 2.26. The maximum Gasteiger partial charge on any atom is 0.121 e. The Hall–Kier alpha value is -1.55. The van der Waals surface area contributed by atoms with Crippen LogP contribution >= 0.6 is 11.3 Å². The molecule has 0 saturated carbocycles. The van der Waals surface area contributed by atoms with Crippen molar-refractivity contribution in [1.82, 2.24) is 4.98 Å². The fraction of sp³-hybridized carbons (Fsp3) is 0.438. The first kappa shape index (κ1) is 14.9. The first-order valence-corrected chi connectivity index (χ1v) is 7.61. The third kappa shape index (κ3) is 3.51. The van der Waals surface area contributed by atoms with Gasteiger partial charge < -0.3 is 10.1 Å². The minimum Gasteiger partial charge on any atom is -0.496 e. The van der Waals surface area contributed by atoms with Gasteiger partial charge in [-0.05, 0) is 30.7 Å². The lowest BCUT2D eigenvalue weighted by molar-refractivity contribution is 0.412. The fourth-order valence-electron chi connectivity index (χ4n) is 1.91. The third-order valence-corrected chi connectivity index (χ3v) is 4.38. The molecule has 0 atom stereocenters. The Morgan fingerprint density at radius 2 is 2.05 bits per heavy atom. The minimum atomic E-state index is 0.125. The molecule has 0 saturated heterocycles. The van der Waals surface area contributed by atoms with E-state index in [0.717, 1.165) is 29.2 Å². The van der Waals surface area contributed by atoms with Gasteiger partial charge in [-0.2, -0.15) is 0 Å². The molecule has 0 spiro atoms. The van der Waals surface area contributed by atoms with E-state index in [1.165, 1.54) is 5.01 Å². The van der Waals surface area contributed by atoms with Crippen molar-refractivity contribution >= 4 is 17.0 Å². The third-order valence-electron chi connectivity index (χ3n) is 3.06. The van der Waals surface area contributed by atoms with Gasteiger partial charge in [0.25, 0.3) is 0 Å². The van der Waals surface area contributed by atoms with Crippen LogP contribution in [0.1, 0.15) is 37.0 Å². The molecule has 20 heavy (non-hydrogen) atoms. The normalized spacial score (nSPS) is 11.4. The highest BCUT2D eigenvalue weighted by atomic mass is 32.1. The van der Waals surface area contributed by atoms with Crippen molar-refractivity contribution in [1.29, 1.82) is 0 Å². The van der Waals surface area contributed by atoms with Crippen LogP contribution in [0, 0.1) is 6.92 Å². The predicted octanol–water partition coefficient (Wildman–Crippen LogP) is 4.37. The Balaban J connectivity index is 2.02. The first-order valence-electron chi connectivity index (χ1n) is 6.73. The van der Waals surface area contributed by atoms with Crippen LogP contribution in [0.2, 0.25) is 0 Å². The number of hydrogen-bond donors (Lipinski definition) is 1. The number of benzene rings is 1. The van der Waals surface area contributed by atoms with E-state index >= 15 is 0 Å². The lowest BCUT2D eigenvalue weighted by Crippen LogP contribution is -2.11. The number of nitrogens with one attached hydrogen (secondary N) is 1. The highest BCUT2D eigenvalue weighted by Gasteiger charge is 2.17. The summed E-state index contributed by atoms with van der Waals surface area (Å²) in [7, 11) is 1.69. The SMILES string of the molecule is COc1ccc(NCc2csc(C(C)(C)C)n2)cc1C. The highest BCUT2D eigenvalue weighted by molar-refractivity contribution is 7.09. The van der Waals surface area contributed by atoms with Crippen LogP contribution in [-0.4, -0.2) is 12.1 Å². The molecule has 4 heteroatoms. The number of methoxy groups -OCH3 is 1. The van der Waals surface area contributed by atoms with Crippen LogP contribution in [0.4, 0.5) is 5.69 Å². The van der Waals surface area contributed by atoms with Gasteiger partial charge in [0.15, 0.2) is 0 Å². The number of rotatable bonds is 4. The number of hydrogen-bond acceptors (Lipinski definition) is 4. The Bertz CT molecular complexity index is 584. The van der Waals surface area contributed by atoms with Gasteiger partial charge in [-0.15, -0.1) is 11.3 Å². The molecule has 1 N–H and O–H groups in total. The first-order chi connectivity index (χ1) is 9.40. The summed E-state index contributed by atoms with van der Waals surface area (Å²) in [6.07, 6.45) is 0. The Morgan fingerprint density at radius 3 is 2.60 bits per heavy atom. The molecular formula is C16H22N2OS. The average Bonchev–Trinajstić information content (AvgIpc) is 2.85. The van der Waals surface area contributed by atoms with Gasteiger partial charge in [0.1, 0.15) is 5.75 Å². The number of anilines is 1. The largest absolute Gasteiger partial charge is 0.496 e. The molecular weight excluding hydrogens is 268 g/mol. The Labute approximate surface area is 125 Å². The zero-order valence-electron chi connectivity index (χ0n) is 12.8. The molecule has 0 bridgehead atoms. The summed E-state index contributed by atoms with van der Waals surface area (Å²) < 4.78 is 5.27. The molecule has 0 aliphatic carbocycles. The second-order valence-electron chi connectivity index (χ2n) is 5.93. The zero-order chi connectivity index (χ0) is 14.8. The van der Waals surface area contributed by atoms with Gasteiger partial charge in [0.05, 0.1) is 24.4 Å². The van der Waals surface area contributed by atoms with E-state index in [2.05, 4.69) is 42.5 Å². The minimum absolute atomic E-state index is 0.125. The van der Waals surface area contributed by atoms with Crippen molar-refractivity contribution in [3.63, 3.8) is 0 Å². The van der Waals surface area contributed by atoms with Crippen LogP contribution in [0.15, 0.2) is 23.6 Å². The predicted molar refractivity (Wildman–Crippen MR) is 85.9 cm³/mol. The van der Waals surface area contributed by atoms with Crippen molar-refractivity contribution in [3.05, 3.63) is 39.8 Å². The lowest BCUT2D eigenvalue weighted by atomic mass is 9.98. The maximum atomic E-state index is 5.27. The van der Waals surface area contributed by atoms with Gasteiger partial charge in [0.2, 0.25) is 0 Å². The van der Waals surface area contributed by atoms with E-state index in [9.17, 15) is 0 Å². The number of nitrogens with zero attached hydrogens (tertiary/aromatic N) is 1. The van der Waals surface area contributed by atoms with Gasteiger partial charge in [-0.3, -0.25) is 0 Å². The summed E-state index contributed by atoms with van der Waals surface area (Å²) in [4.78, 5) is 4.68. The summed E-state index contributed by atoms with van der Waals surface area (Å²) in [5.41, 5.74) is 3.44. The molecule has 3 nitrogen and oxygen atoms in total. The standard InChI is InChI=1S/C16H22N2OS/c1-11-8-12(6-7-14(11)19-5)17-9-13-10-20-15(18-13)16(2,3)4/h6-8,10,17H,9H2,1-5H3. The Morgan fingerprint density at radius 1 is 1.30 bits per heavy atom. The van der Waals surface area contributed by atoms with E-state index in [1.807, 2.05) is 19.1 Å². The quantitative estimate of drug-likeness (QED) is 0.908. The summed E-state index contributed by atoms with van der Waals surface area (Å²) in [6.45, 7) is 9.37. The van der Waals surface area contributed by atoms with Crippen LogP contribution in [-0.2, 0) is 12.0 Å². The smallest absolute Gasteiger partial charge is 0.121 e. The molecule has 2 aromatic rings. The van der Waals surface area contributed by atoms with Crippen LogP contribution in [0.5, 0.6) is 5.75 Å². The zero-order valence-corrected chi connectivity index (χ0v) is 13.6. The van der Waals surface area contributed by atoms with Gasteiger partial charge in [-0.1, -0.05) is 20.8 Å². The number of aromatic nitrogens is 1. The maximum absolute atomic E-state index is 5.27. The van der Waals surface area contributed by atoms with E-state index in [-0.39, 0.29) is 5.41 Å². The number of ether oxygens (including phenoxy) is 1. The van der Waals surface area contributed by atoms with E-state index in [4.69, 9.17) is 4.74 Å². The molecule has 108 valence electrons. The van der Waals surface area contributed by atoms with Gasteiger partial charge >= 0.3 is 0 Å². The molecule has 1 heterocycles. The van der Waals surface area contributed by atoms with E-state index in [0.29, 0.717) is 0 Å². The molecule has 0 aliphatic heterocycles. The second kappa shape index (κ2) is 5.83. The summed E-state index contributed by atoms with van der Waals surface area (Å²) >= 11 is 1.73. The van der Waals surface area contributed by atoms with Crippen molar-refractivity contribution in [2.24, 2.45) is 0 Å².